The van der Waals surface area contributed by atoms with E-state index in [1.54, 1.807) is 23.6 Å². The van der Waals surface area contributed by atoms with Crippen LogP contribution in [0, 0.1) is 5.82 Å². The van der Waals surface area contributed by atoms with Gasteiger partial charge in [-0.2, -0.15) is 0 Å². The standard InChI is InChI=1S/C29H31Cl2FN2O4S/c1-4-6-11-25(38-12-7-5-2)20-10-8-9-19(26(20)32)24-16-39-29(33-24)34-27(35)18-14-22(30)21(23(31)15-18)13-17(3)28(36)37/h8-10,13-16,25H,4-7,11-12H2,1-3H3,(H,36,37)(H,33,34,35)/b17-13+. The van der Waals surface area contributed by atoms with E-state index in [0.717, 1.165) is 43.4 Å². The van der Waals surface area contributed by atoms with E-state index < -0.39 is 11.9 Å². The van der Waals surface area contributed by atoms with Crippen molar-refractivity contribution >= 4 is 57.6 Å². The molecule has 3 aromatic rings. The number of carbonyl (C=O) groups excluding carboxylic acids is 1. The molecule has 0 saturated heterocycles. The predicted molar refractivity (Wildman–Crippen MR) is 156 cm³/mol. The number of carboxylic acids is 1. The zero-order valence-electron chi connectivity index (χ0n) is 22.0. The predicted octanol–water partition coefficient (Wildman–Crippen LogP) is 9.04. The van der Waals surface area contributed by atoms with Gasteiger partial charge in [-0.15, -0.1) is 11.3 Å². The first-order valence-electron chi connectivity index (χ1n) is 12.7. The first-order chi connectivity index (χ1) is 18.7. The molecule has 0 spiro atoms. The highest BCUT2D eigenvalue weighted by Crippen LogP contribution is 2.34. The fourth-order valence-corrected chi connectivity index (χ4v) is 5.14. The highest BCUT2D eigenvalue weighted by Gasteiger charge is 2.21. The number of rotatable bonds is 13. The van der Waals surface area contributed by atoms with Gasteiger partial charge in [-0.05, 0) is 44.0 Å². The van der Waals surface area contributed by atoms with Crippen LogP contribution in [0.3, 0.4) is 0 Å². The van der Waals surface area contributed by atoms with Gasteiger partial charge in [-0.25, -0.2) is 14.2 Å². The van der Waals surface area contributed by atoms with Gasteiger partial charge in [0.15, 0.2) is 5.13 Å². The van der Waals surface area contributed by atoms with Gasteiger partial charge in [0.05, 0.1) is 21.8 Å². The van der Waals surface area contributed by atoms with Crippen molar-refractivity contribution in [1.29, 1.82) is 0 Å². The Balaban J connectivity index is 1.81. The summed E-state index contributed by atoms with van der Waals surface area (Å²) in [6, 6.07) is 8.00. The Kier molecular flexibility index (Phi) is 11.5. The van der Waals surface area contributed by atoms with Gasteiger partial charge in [0.2, 0.25) is 0 Å². The molecule has 0 bridgehead atoms. The minimum atomic E-state index is -1.11. The number of carboxylic acid groups (broad SMARTS) is 1. The van der Waals surface area contributed by atoms with Gasteiger partial charge < -0.3 is 9.84 Å². The summed E-state index contributed by atoms with van der Waals surface area (Å²) in [7, 11) is 0. The van der Waals surface area contributed by atoms with Crippen LogP contribution in [0.15, 0.2) is 41.3 Å². The van der Waals surface area contributed by atoms with Crippen LogP contribution in [0.25, 0.3) is 17.3 Å². The Hall–Kier alpha value is -2.78. The Morgan fingerprint density at radius 1 is 1.18 bits per heavy atom. The maximum atomic E-state index is 15.7. The van der Waals surface area contributed by atoms with E-state index in [0.29, 0.717) is 29.0 Å². The molecule has 0 saturated carbocycles. The second-order valence-electron chi connectivity index (χ2n) is 9.04. The zero-order valence-corrected chi connectivity index (χ0v) is 24.4. The largest absolute Gasteiger partial charge is 0.478 e. The number of ether oxygens (including phenoxy) is 1. The van der Waals surface area contributed by atoms with E-state index in [1.807, 2.05) is 0 Å². The molecule has 0 radical (unpaired) electrons. The van der Waals surface area contributed by atoms with Crippen molar-refractivity contribution < 1.29 is 23.8 Å². The molecule has 0 aliphatic rings. The van der Waals surface area contributed by atoms with E-state index in [1.165, 1.54) is 25.1 Å². The van der Waals surface area contributed by atoms with Crippen molar-refractivity contribution in [3.05, 3.63) is 73.8 Å². The lowest BCUT2D eigenvalue weighted by Gasteiger charge is -2.20. The molecule has 3 rings (SSSR count). The maximum Gasteiger partial charge on any atom is 0.331 e. The Morgan fingerprint density at radius 2 is 1.87 bits per heavy atom. The number of hydrogen-bond acceptors (Lipinski definition) is 5. The molecule has 0 aliphatic carbocycles. The second kappa shape index (κ2) is 14.6. The summed E-state index contributed by atoms with van der Waals surface area (Å²) in [4.78, 5) is 28.4. The number of anilines is 1. The fraction of sp³-hybridized carbons (Fsp3) is 0.345. The number of thiazole rings is 1. The lowest BCUT2D eigenvalue weighted by Crippen LogP contribution is -2.12. The normalized spacial score (nSPS) is 12.4. The van der Waals surface area contributed by atoms with Gasteiger partial charge >= 0.3 is 5.97 Å². The molecule has 6 nitrogen and oxygen atoms in total. The van der Waals surface area contributed by atoms with Crippen LogP contribution in [-0.2, 0) is 9.53 Å². The van der Waals surface area contributed by atoms with Gasteiger partial charge in [-0.1, -0.05) is 68.4 Å². The molecular formula is C29H31Cl2FN2O4S. The van der Waals surface area contributed by atoms with Crippen LogP contribution in [-0.4, -0.2) is 28.6 Å². The minimum Gasteiger partial charge on any atom is -0.478 e. The fourth-order valence-electron chi connectivity index (χ4n) is 3.84. The quantitative estimate of drug-likeness (QED) is 0.153. The summed E-state index contributed by atoms with van der Waals surface area (Å²) in [5.41, 5.74) is 1.76. The van der Waals surface area contributed by atoms with E-state index in [9.17, 15) is 9.59 Å². The summed E-state index contributed by atoms with van der Waals surface area (Å²) in [5, 5.41) is 14.0. The van der Waals surface area contributed by atoms with Crippen LogP contribution in [0.1, 0.15) is 80.5 Å². The lowest BCUT2D eigenvalue weighted by molar-refractivity contribution is -0.132. The number of nitrogens with zero attached hydrogens (tertiary/aromatic N) is 1. The first-order valence-corrected chi connectivity index (χ1v) is 14.4. The molecule has 1 heterocycles. The third-order valence-electron chi connectivity index (χ3n) is 6.05. The molecule has 10 heteroatoms. The monoisotopic (exact) mass is 592 g/mol. The molecule has 2 aromatic carbocycles. The average Bonchev–Trinajstić information content (AvgIpc) is 3.36. The molecule has 39 heavy (non-hydrogen) atoms. The molecule has 1 atom stereocenters. The van der Waals surface area contributed by atoms with Crippen molar-refractivity contribution in [1.82, 2.24) is 4.98 Å². The van der Waals surface area contributed by atoms with E-state index in [2.05, 4.69) is 24.1 Å². The summed E-state index contributed by atoms with van der Waals surface area (Å²) in [6.07, 6.45) is 5.57. The third-order valence-corrected chi connectivity index (χ3v) is 7.44. The summed E-state index contributed by atoms with van der Waals surface area (Å²) >= 11 is 13.7. The second-order valence-corrected chi connectivity index (χ2v) is 10.7. The first kappa shape index (κ1) is 30.8. The minimum absolute atomic E-state index is 0.0480. The number of unbranched alkanes of at least 4 members (excludes halogenated alkanes) is 2. The molecule has 1 unspecified atom stereocenters. The Labute approximate surface area is 241 Å². The van der Waals surface area contributed by atoms with Crippen LogP contribution in [0.2, 0.25) is 10.0 Å². The number of aromatic nitrogens is 1. The molecule has 208 valence electrons. The molecule has 0 aliphatic heterocycles. The van der Waals surface area contributed by atoms with Crippen LogP contribution >= 0.6 is 34.5 Å². The van der Waals surface area contributed by atoms with Crippen LogP contribution in [0.4, 0.5) is 9.52 Å². The number of amides is 1. The summed E-state index contributed by atoms with van der Waals surface area (Å²) < 4.78 is 21.7. The van der Waals surface area contributed by atoms with Gasteiger partial charge in [0.25, 0.3) is 5.91 Å². The van der Waals surface area contributed by atoms with Gasteiger partial charge in [0, 0.05) is 39.8 Å². The number of carbonyl (C=O) groups is 2. The summed E-state index contributed by atoms with van der Waals surface area (Å²) in [5.74, 6) is -1.99. The topological polar surface area (TPSA) is 88.5 Å². The van der Waals surface area contributed by atoms with E-state index in [-0.39, 0.29) is 38.2 Å². The highest BCUT2D eigenvalue weighted by molar-refractivity contribution is 7.14. The smallest absolute Gasteiger partial charge is 0.331 e. The van der Waals surface area contributed by atoms with Crippen LogP contribution in [0.5, 0.6) is 0 Å². The number of halogens is 3. The van der Waals surface area contributed by atoms with Gasteiger partial charge in [-0.3, -0.25) is 10.1 Å². The number of aliphatic carboxylic acids is 1. The molecule has 1 aromatic heterocycles. The molecule has 2 N–H and O–H groups in total. The van der Waals surface area contributed by atoms with Crippen molar-refractivity contribution in [3.8, 4) is 11.3 Å². The van der Waals surface area contributed by atoms with Crippen molar-refractivity contribution in [2.75, 3.05) is 11.9 Å². The zero-order chi connectivity index (χ0) is 28.5. The lowest BCUT2D eigenvalue weighted by atomic mass is 9.99. The molecule has 0 fully saturated rings. The van der Waals surface area contributed by atoms with Crippen molar-refractivity contribution in [2.45, 2.75) is 59.0 Å². The van der Waals surface area contributed by atoms with Gasteiger partial charge in [0.1, 0.15) is 5.82 Å². The number of hydrogen-bond donors (Lipinski definition) is 2. The maximum absolute atomic E-state index is 15.7. The molecular weight excluding hydrogens is 562 g/mol. The third kappa shape index (κ3) is 8.11. The molecule has 1 amide bonds. The number of benzene rings is 2. The van der Waals surface area contributed by atoms with Crippen molar-refractivity contribution in [2.24, 2.45) is 0 Å². The van der Waals surface area contributed by atoms with E-state index in [4.69, 9.17) is 33.0 Å². The highest BCUT2D eigenvalue weighted by atomic mass is 35.5. The summed E-state index contributed by atoms with van der Waals surface area (Å²) in [6.45, 7) is 6.17. The van der Waals surface area contributed by atoms with E-state index >= 15 is 4.39 Å². The van der Waals surface area contributed by atoms with Crippen molar-refractivity contribution in [3.63, 3.8) is 0 Å². The average molecular weight is 594 g/mol. The number of nitrogens with one attached hydrogen (secondary N) is 1. The van der Waals surface area contributed by atoms with Crippen LogP contribution < -0.4 is 5.32 Å². The Bertz CT molecular complexity index is 1340. The Morgan fingerprint density at radius 3 is 2.51 bits per heavy atom. The SMILES string of the molecule is CCCCOC(CCCC)c1cccc(-c2csc(NC(=O)c3cc(Cl)c(/C=C(\C)C(=O)O)c(Cl)c3)n2)c1F.